The molecular formula is C71H130O6. The van der Waals surface area contributed by atoms with E-state index < -0.39 is 6.10 Å². The second kappa shape index (κ2) is 65.9. The minimum absolute atomic E-state index is 0.0890. The smallest absolute Gasteiger partial charge is 0.306 e. The topological polar surface area (TPSA) is 78.9 Å². The van der Waals surface area contributed by atoms with Crippen LogP contribution in [0, 0.1) is 0 Å². The molecule has 0 amide bonds. The first kappa shape index (κ1) is 74.4. The molecule has 0 rings (SSSR count). The van der Waals surface area contributed by atoms with E-state index in [0.29, 0.717) is 19.3 Å². The van der Waals surface area contributed by atoms with Crippen molar-refractivity contribution in [2.45, 2.75) is 374 Å². The minimum atomic E-state index is -0.799. The zero-order valence-electron chi connectivity index (χ0n) is 51.7. The molecule has 0 aromatic heterocycles. The van der Waals surface area contributed by atoms with E-state index in [-0.39, 0.29) is 37.5 Å². The maximum Gasteiger partial charge on any atom is 0.306 e. The van der Waals surface area contributed by atoms with Crippen LogP contribution >= 0.6 is 0 Å². The Bertz CT molecular complexity index is 1330. The minimum Gasteiger partial charge on any atom is -0.462 e. The molecule has 0 heterocycles. The van der Waals surface area contributed by atoms with Crippen LogP contribution in [0.15, 0.2) is 48.6 Å². The fourth-order valence-corrected chi connectivity index (χ4v) is 10.2. The number of ether oxygens (including phenoxy) is 3. The molecule has 0 unspecified atom stereocenters. The molecule has 0 aromatic carbocycles. The number of carbonyl (C=O) groups excluding carboxylic acids is 3. The Balaban J connectivity index is 4.36. The lowest BCUT2D eigenvalue weighted by Crippen LogP contribution is -2.30. The summed E-state index contributed by atoms with van der Waals surface area (Å²) in [4.78, 5) is 38.4. The maximum absolute atomic E-state index is 12.9. The van der Waals surface area contributed by atoms with Gasteiger partial charge in [-0.15, -0.1) is 0 Å². The maximum atomic E-state index is 12.9. The zero-order chi connectivity index (χ0) is 55.7. The molecule has 0 aliphatic rings. The second-order valence-electron chi connectivity index (χ2n) is 23.1. The number of carbonyl (C=O) groups is 3. The van der Waals surface area contributed by atoms with E-state index in [1.54, 1.807) is 0 Å². The van der Waals surface area contributed by atoms with E-state index in [9.17, 15) is 14.4 Å². The number of unbranched alkanes of at least 4 members (excludes halogenated alkanes) is 44. The van der Waals surface area contributed by atoms with Gasteiger partial charge in [0, 0.05) is 19.3 Å². The van der Waals surface area contributed by atoms with Gasteiger partial charge >= 0.3 is 17.9 Å². The zero-order valence-corrected chi connectivity index (χ0v) is 51.7. The Hall–Kier alpha value is -2.63. The predicted octanol–water partition coefficient (Wildman–Crippen LogP) is 23.3. The highest BCUT2D eigenvalue weighted by Gasteiger charge is 2.19. The summed E-state index contributed by atoms with van der Waals surface area (Å²) in [5.74, 6) is -0.918. The van der Waals surface area contributed by atoms with Crippen molar-refractivity contribution >= 4 is 17.9 Å². The third kappa shape index (κ3) is 64.1. The molecule has 1 atom stereocenters. The molecule has 0 radical (unpaired) electrons. The average Bonchev–Trinajstić information content (AvgIpc) is 3.43. The third-order valence-corrected chi connectivity index (χ3v) is 15.3. The lowest BCUT2D eigenvalue weighted by molar-refractivity contribution is -0.167. The monoisotopic (exact) mass is 1080 g/mol. The van der Waals surface area contributed by atoms with Crippen molar-refractivity contribution in [1.29, 1.82) is 0 Å². The van der Waals surface area contributed by atoms with Crippen LogP contribution in [0.3, 0.4) is 0 Å². The lowest BCUT2D eigenvalue weighted by atomic mass is 10.0. The van der Waals surface area contributed by atoms with Crippen LogP contribution < -0.4 is 0 Å². The fraction of sp³-hybridized carbons (Fsp3) is 0.845. The molecule has 0 aliphatic carbocycles. The number of esters is 3. The van der Waals surface area contributed by atoms with Crippen molar-refractivity contribution in [3.05, 3.63) is 48.6 Å². The van der Waals surface area contributed by atoms with Gasteiger partial charge < -0.3 is 14.2 Å². The molecule has 0 spiro atoms. The van der Waals surface area contributed by atoms with Crippen molar-refractivity contribution in [3.8, 4) is 0 Å². The van der Waals surface area contributed by atoms with Gasteiger partial charge in [0.2, 0.25) is 0 Å². The first-order valence-corrected chi connectivity index (χ1v) is 34.1. The van der Waals surface area contributed by atoms with Crippen molar-refractivity contribution in [2.75, 3.05) is 13.2 Å². The number of rotatable bonds is 63. The number of hydrogen-bond donors (Lipinski definition) is 0. The summed E-state index contributed by atoms with van der Waals surface area (Å²) < 4.78 is 16.9. The third-order valence-electron chi connectivity index (χ3n) is 15.3. The second-order valence-corrected chi connectivity index (χ2v) is 23.1. The van der Waals surface area contributed by atoms with Gasteiger partial charge in [-0.25, -0.2) is 0 Å². The van der Waals surface area contributed by atoms with Crippen LogP contribution in [0.4, 0.5) is 0 Å². The van der Waals surface area contributed by atoms with Crippen molar-refractivity contribution in [3.63, 3.8) is 0 Å². The van der Waals surface area contributed by atoms with Gasteiger partial charge in [-0.1, -0.05) is 320 Å². The summed E-state index contributed by atoms with van der Waals surface area (Å²) in [6.07, 6.45) is 82.8. The number of hydrogen-bond acceptors (Lipinski definition) is 6. The predicted molar refractivity (Wildman–Crippen MR) is 335 cm³/mol. The lowest BCUT2D eigenvalue weighted by Gasteiger charge is -2.18. The summed E-state index contributed by atoms with van der Waals surface area (Å²) in [5.41, 5.74) is 0. The van der Waals surface area contributed by atoms with Gasteiger partial charge in [-0.05, 0) is 77.0 Å². The Morgan fingerprint density at radius 1 is 0.260 bits per heavy atom. The van der Waals surface area contributed by atoms with E-state index >= 15 is 0 Å². The molecule has 0 saturated carbocycles. The van der Waals surface area contributed by atoms with Crippen LogP contribution in [-0.4, -0.2) is 37.2 Å². The van der Waals surface area contributed by atoms with Crippen LogP contribution in [0.2, 0.25) is 0 Å². The molecule has 6 heteroatoms. The van der Waals surface area contributed by atoms with E-state index in [2.05, 4.69) is 69.4 Å². The van der Waals surface area contributed by atoms with Crippen molar-refractivity contribution in [1.82, 2.24) is 0 Å². The number of allylic oxidation sites excluding steroid dienone is 8. The van der Waals surface area contributed by atoms with Crippen LogP contribution in [0.5, 0.6) is 0 Å². The Kier molecular flexibility index (Phi) is 63.6. The quantitative estimate of drug-likeness (QED) is 0.0261. The highest BCUT2D eigenvalue weighted by molar-refractivity contribution is 5.71. The average molecular weight is 1080 g/mol. The standard InChI is InChI=1S/C71H130O6/c1-4-7-10-13-16-19-22-25-28-31-33-35-37-40-42-45-48-51-54-57-60-63-69(72)75-66-68(77-71(74)65-62-59-56-53-50-47-44-39-30-27-24-21-18-15-12-9-6-3)67-76-70(73)64-61-58-55-52-49-46-43-41-38-36-34-32-29-26-23-20-17-14-11-8-5-2/h25,27-28,30,44,47,53,56,68H,4-24,26,29,31-43,45-46,48-52,54-55,57-67H2,1-3H3/b28-25-,30-27-,47-44-,56-53-/t68-/m1/s1. The van der Waals surface area contributed by atoms with Crippen molar-refractivity contribution < 1.29 is 28.6 Å². The van der Waals surface area contributed by atoms with E-state index in [0.717, 1.165) is 57.8 Å². The van der Waals surface area contributed by atoms with E-state index in [1.165, 1.54) is 263 Å². The molecule has 77 heavy (non-hydrogen) atoms. The Labute approximate surface area is 479 Å². The van der Waals surface area contributed by atoms with Crippen LogP contribution in [0.25, 0.3) is 0 Å². The summed E-state index contributed by atoms with van der Waals surface area (Å²) in [6, 6.07) is 0. The molecule has 450 valence electrons. The fourth-order valence-electron chi connectivity index (χ4n) is 10.2. The van der Waals surface area contributed by atoms with Gasteiger partial charge in [0.15, 0.2) is 6.10 Å². The van der Waals surface area contributed by atoms with Gasteiger partial charge in [-0.2, -0.15) is 0 Å². The molecule has 0 aromatic rings. The molecule has 6 nitrogen and oxygen atoms in total. The molecular weight excluding hydrogens is 949 g/mol. The largest absolute Gasteiger partial charge is 0.462 e. The molecule has 0 aliphatic heterocycles. The molecule has 0 N–H and O–H groups in total. The van der Waals surface area contributed by atoms with Gasteiger partial charge in [0.25, 0.3) is 0 Å². The summed E-state index contributed by atoms with van der Waals surface area (Å²) >= 11 is 0. The first-order chi connectivity index (χ1) is 38.0. The molecule has 0 fully saturated rings. The van der Waals surface area contributed by atoms with Gasteiger partial charge in [0.05, 0.1) is 0 Å². The molecule has 0 saturated heterocycles. The summed E-state index contributed by atoms with van der Waals surface area (Å²) in [6.45, 7) is 6.65. The first-order valence-electron chi connectivity index (χ1n) is 34.1. The van der Waals surface area contributed by atoms with E-state index in [1.807, 2.05) is 0 Å². The van der Waals surface area contributed by atoms with Gasteiger partial charge in [-0.3, -0.25) is 14.4 Å². The van der Waals surface area contributed by atoms with Crippen LogP contribution in [-0.2, 0) is 28.6 Å². The van der Waals surface area contributed by atoms with Crippen molar-refractivity contribution in [2.24, 2.45) is 0 Å². The van der Waals surface area contributed by atoms with Crippen LogP contribution in [0.1, 0.15) is 367 Å². The molecule has 0 bridgehead atoms. The highest BCUT2D eigenvalue weighted by atomic mass is 16.6. The Morgan fingerprint density at radius 3 is 0.779 bits per heavy atom. The summed E-state index contributed by atoms with van der Waals surface area (Å²) in [7, 11) is 0. The normalized spacial score (nSPS) is 12.3. The van der Waals surface area contributed by atoms with E-state index in [4.69, 9.17) is 14.2 Å². The van der Waals surface area contributed by atoms with Gasteiger partial charge in [0.1, 0.15) is 13.2 Å². The Morgan fingerprint density at radius 2 is 0.481 bits per heavy atom. The summed E-state index contributed by atoms with van der Waals surface area (Å²) in [5, 5.41) is 0. The highest BCUT2D eigenvalue weighted by Crippen LogP contribution is 2.18. The SMILES string of the molecule is CCCCCCCC/C=C\C/C=C\C/C=C\CCCC(=O)O[C@H](COC(=O)CCCCCCCCCCCCC/C=C\CCCCCCCC)COC(=O)CCCCCCCCCCCCCCCCCCCCCCC.